The molecule has 1 unspecified atom stereocenters. The highest BCUT2D eigenvalue weighted by Crippen LogP contribution is 2.28. The molecular formula is C21H25N3O3. The van der Waals surface area contributed by atoms with Crippen LogP contribution in [0.3, 0.4) is 0 Å². The fraction of sp³-hybridized carbons (Fsp3) is 0.286. The molecule has 6 heteroatoms. The molecule has 1 aromatic heterocycles. The predicted molar refractivity (Wildman–Crippen MR) is 108 cm³/mol. The highest BCUT2D eigenvalue weighted by Gasteiger charge is 2.07. The summed E-state index contributed by atoms with van der Waals surface area (Å²) in [4.78, 5) is 4.44. The molecule has 3 N–H and O–H groups in total. The minimum absolute atomic E-state index is 0.259. The number of fused-ring (bicyclic) bond motifs is 1. The molecular weight excluding hydrogens is 342 g/mol. The second-order valence-electron chi connectivity index (χ2n) is 6.13. The molecule has 0 saturated carbocycles. The van der Waals surface area contributed by atoms with E-state index < -0.39 is 6.10 Å². The van der Waals surface area contributed by atoms with Gasteiger partial charge >= 0.3 is 0 Å². The number of hydrogen-bond acceptors (Lipinski definition) is 6. The number of rotatable bonds is 10. The summed E-state index contributed by atoms with van der Waals surface area (Å²) in [6, 6.07) is 17.5. The zero-order chi connectivity index (χ0) is 18.9. The van der Waals surface area contributed by atoms with Gasteiger partial charge in [-0.05, 0) is 12.1 Å². The van der Waals surface area contributed by atoms with Gasteiger partial charge in [-0.2, -0.15) is 0 Å². The van der Waals surface area contributed by atoms with Crippen LogP contribution in [0.4, 0.5) is 5.82 Å². The Bertz CT molecular complexity index is 842. The Kier molecular flexibility index (Phi) is 6.84. The van der Waals surface area contributed by atoms with Crippen LogP contribution in [0.25, 0.3) is 10.8 Å². The van der Waals surface area contributed by atoms with Crippen molar-refractivity contribution in [1.29, 1.82) is 0 Å². The summed E-state index contributed by atoms with van der Waals surface area (Å²) in [5, 5.41) is 18.6. The van der Waals surface area contributed by atoms with Gasteiger partial charge in [0.2, 0.25) is 0 Å². The Labute approximate surface area is 159 Å². The maximum atomic E-state index is 9.99. The number of aromatic nitrogens is 1. The van der Waals surface area contributed by atoms with Gasteiger partial charge in [-0.3, -0.25) is 0 Å². The lowest BCUT2D eigenvalue weighted by Crippen LogP contribution is -2.34. The number of hydrogen-bond donors (Lipinski definition) is 3. The van der Waals surface area contributed by atoms with Crippen molar-refractivity contribution in [3.63, 3.8) is 0 Å². The van der Waals surface area contributed by atoms with Crippen LogP contribution in [-0.2, 0) is 0 Å². The third-order valence-corrected chi connectivity index (χ3v) is 4.14. The monoisotopic (exact) mass is 367 g/mol. The van der Waals surface area contributed by atoms with Crippen molar-refractivity contribution in [2.45, 2.75) is 6.10 Å². The van der Waals surface area contributed by atoms with Gasteiger partial charge in [0.15, 0.2) is 0 Å². The molecule has 1 atom stereocenters. The largest absolute Gasteiger partial charge is 0.494 e. The van der Waals surface area contributed by atoms with Crippen LogP contribution in [0.15, 0.2) is 60.8 Å². The van der Waals surface area contributed by atoms with Crippen molar-refractivity contribution in [3.05, 3.63) is 60.8 Å². The molecule has 0 bridgehead atoms. The van der Waals surface area contributed by atoms with Crippen molar-refractivity contribution >= 4 is 16.6 Å². The van der Waals surface area contributed by atoms with Crippen molar-refractivity contribution in [1.82, 2.24) is 10.3 Å². The van der Waals surface area contributed by atoms with Crippen LogP contribution in [0.5, 0.6) is 11.5 Å². The molecule has 1 heterocycles. The smallest absolute Gasteiger partial charge is 0.145 e. The first kappa shape index (κ1) is 18.9. The van der Waals surface area contributed by atoms with Crippen molar-refractivity contribution in [2.24, 2.45) is 0 Å². The van der Waals surface area contributed by atoms with Gasteiger partial charge in [0, 0.05) is 30.4 Å². The van der Waals surface area contributed by atoms with Crippen molar-refractivity contribution in [2.75, 3.05) is 38.7 Å². The first-order chi connectivity index (χ1) is 13.3. The fourth-order valence-corrected chi connectivity index (χ4v) is 2.78. The van der Waals surface area contributed by atoms with Crippen LogP contribution < -0.4 is 20.1 Å². The lowest BCUT2D eigenvalue weighted by molar-refractivity contribution is 0.107. The highest BCUT2D eigenvalue weighted by atomic mass is 16.5. The summed E-state index contributed by atoms with van der Waals surface area (Å²) < 4.78 is 10.9. The molecule has 3 aromatic rings. The molecule has 0 radical (unpaired) electrons. The minimum Gasteiger partial charge on any atom is -0.494 e. The van der Waals surface area contributed by atoms with E-state index in [-0.39, 0.29) is 6.61 Å². The SMILES string of the molecule is COc1cnc(NCCNCC(O)COc2ccccc2)c2ccccc12. The summed E-state index contributed by atoms with van der Waals surface area (Å²) in [5.74, 6) is 2.34. The second kappa shape index (κ2) is 9.75. The molecule has 0 spiro atoms. The van der Waals surface area contributed by atoms with Crippen LogP contribution in [0.2, 0.25) is 0 Å². The molecule has 0 saturated heterocycles. The molecule has 0 aliphatic carbocycles. The molecule has 142 valence electrons. The highest BCUT2D eigenvalue weighted by molar-refractivity contribution is 5.95. The maximum Gasteiger partial charge on any atom is 0.145 e. The van der Waals surface area contributed by atoms with Crippen molar-refractivity contribution < 1.29 is 14.6 Å². The summed E-state index contributed by atoms with van der Waals surface area (Å²) in [6.45, 7) is 2.11. The van der Waals surface area contributed by atoms with Gasteiger partial charge in [-0.15, -0.1) is 0 Å². The van der Waals surface area contributed by atoms with Gasteiger partial charge in [-0.1, -0.05) is 42.5 Å². The fourth-order valence-electron chi connectivity index (χ4n) is 2.78. The molecule has 6 nitrogen and oxygen atoms in total. The van der Waals surface area contributed by atoms with E-state index in [9.17, 15) is 5.11 Å². The lowest BCUT2D eigenvalue weighted by atomic mass is 10.1. The third kappa shape index (κ3) is 5.32. The third-order valence-electron chi connectivity index (χ3n) is 4.14. The molecule has 27 heavy (non-hydrogen) atoms. The van der Waals surface area contributed by atoms with E-state index in [1.54, 1.807) is 13.3 Å². The van der Waals surface area contributed by atoms with E-state index in [1.807, 2.05) is 54.6 Å². The van der Waals surface area contributed by atoms with E-state index in [0.29, 0.717) is 19.6 Å². The quantitative estimate of drug-likeness (QED) is 0.479. The minimum atomic E-state index is -0.565. The standard InChI is InChI=1S/C21H25N3O3/c1-26-20-14-24-21(19-10-6-5-9-18(19)20)23-12-11-22-13-16(25)15-27-17-7-3-2-4-8-17/h2-10,14,16,22,25H,11-13,15H2,1H3,(H,23,24). The number of nitrogens with zero attached hydrogens (tertiary/aromatic N) is 1. The number of aliphatic hydroxyl groups is 1. The normalized spacial score (nSPS) is 11.9. The summed E-state index contributed by atoms with van der Waals surface area (Å²) in [7, 11) is 1.65. The zero-order valence-electron chi connectivity index (χ0n) is 15.4. The average molecular weight is 367 g/mol. The molecule has 0 aliphatic rings. The van der Waals surface area contributed by atoms with Gasteiger partial charge in [-0.25, -0.2) is 4.98 Å². The van der Waals surface area contributed by atoms with Gasteiger partial charge in [0.25, 0.3) is 0 Å². The molecule has 3 rings (SSSR count). The number of aliphatic hydroxyl groups excluding tert-OH is 1. The number of benzene rings is 2. The van der Waals surface area contributed by atoms with E-state index in [0.717, 1.165) is 28.1 Å². The molecule has 0 aliphatic heterocycles. The van der Waals surface area contributed by atoms with E-state index in [2.05, 4.69) is 15.6 Å². The predicted octanol–water partition coefficient (Wildman–Crippen LogP) is 2.68. The summed E-state index contributed by atoms with van der Waals surface area (Å²) in [5.41, 5.74) is 0. The molecule has 2 aromatic carbocycles. The molecule has 0 amide bonds. The van der Waals surface area contributed by atoms with Gasteiger partial charge in [0.1, 0.15) is 30.0 Å². The lowest BCUT2D eigenvalue weighted by Gasteiger charge is -2.14. The van der Waals surface area contributed by atoms with Crippen LogP contribution in [-0.4, -0.2) is 49.5 Å². The van der Waals surface area contributed by atoms with E-state index in [4.69, 9.17) is 9.47 Å². The number of ether oxygens (including phenoxy) is 2. The van der Waals surface area contributed by atoms with Gasteiger partial charge < -0.3 is 25.2 Å². The number of nitrogens with one attached hydrogen (secondary N) is 2. The summed E-state index contributed by atoms with van der Waals surface area (Å²) >= 11 is 0. The van der Waals surface area contributed by atoms with Crippen LogP contribution in [0.1, 0.15) is 0 Å². The Morgan fingerprint density at radius 2 is 1.74 bits per heavy atom. The Morgan fingerprint density at radius 3 is 2.52 bits per heavy atom. The number of para-hydroxylation sites is 1. The van der Waals surface area contributed by atoms with Crippen molar-refractivity contribution in [3.8, 4) is 11.5 Å². The zero-order valence-corrected chi connectivity index (χ0v) is 15.4. The average Bonchev–Trinajstić information content (AvgIpc) is 2.72. The number of pyridine rings is 1. The second-order valence-corrected chi connectivity index (χ2v) is 6.13. The first-order valence-electron chi connectivity index (χ1n) is 9.00. The van der Waals surface area contributed by atoms with Crippen LogP contribution >= 0.6 is 0 Å². The number of methoxy groups -OCH3 is 1. The Hall–Kier alpha value is -2.83. The topological polar surface area (TPSA) is 75.6 Å². The first-order valence-corrected chi connectivity index (χ1v) is 9.00. The maximum absolute atomic E-state index is 9.99. The van der Waals surface area contributed by atoms with E-state index >= 15 is 0 Å². The number of anilines is 1. The van der Waals surface area contributed by atoms with E-state index in [1.165, 1.54) is 0 Å². The summed E-state index contributed by atoms with van der Waals surface area (Å²) in [6.07, 6.45) is 1.16. The Balaban J connectivity index is 1.41. The Morgan fingerprint density at radius 1 is 1.00 bits per heavy atom. The van der Waals surface area contributed by atoms with Crippen LogP contribution in [0, 0.1) is 0 Å². The molecule has 0 fully saturated rings. The van der Waals surface area contributed by atoms with Gasteiger partial charge in [0.05, 0.1) is 13.3 Å².